The molecule has 0 bridgehead atoms. The SMILES string of the molecule is O=C1CCC(c2ccccc2)(C(O)CCc2cc(C(F)(F)F)cc(C(F)(F)F)c2)CC1. The van der Waals surface area contributed by atoms with Crippen molar-refractivity contribution < 1.29 is 36.2 Å². The number of aliphatic hydroxyl groups is 1. The normalized spacial score (nSPS) is 18.1. The third kappa shape index (κ3) is 5.29. The van der Waals surface area contributed by atoms with Gasteiger partial charge in [0.05, 0.1) is 17.2 Å². The lowest BCUT2D eigenvalue weighted by molar-refractivity contribution is -0.143. The van der Waals surface area contributed by atoms with E-state index in [1.165, 1.54) is 0 Å². The van der Waals surface area contributed by atoms with Crippen LogP contribution in [0.25, 0.3) is 0 Å². The van der Waals surface area contributed by atoms with Crippen LogP contribution in [0.4, 0.5) is 26.3 Å². The van der Waals surface area contributed by atoms with Gasteiger partial charge in [-0.05, 0) is 55.0 Å². The topological polar surface area (TPSA) is 37.3 Å². The average Bonchev–Trinajstić information content (AvgIpc) is 2.72. The molecule has 1 N–H and O–H groups in total. The Morgan fingerprint density at radius 3 is 1.87 bits per heavy atom. The van der Waals surface area contributed by atoms with Crippen molar-refractivity contribution in [3.8, 4) is 0 Å². The summed E-state index contributed by atoms with van der Waals surface area (Å²) in [4.78, 5) is 11.8. The molecule has 0 heterocycles. The maximum absolute atomic E-state index is 13.1. The summed E-state index contributed by atoms with van der Waals surface area (Å²) in [7, 11) is 0. The largest absolute Gasteiger partial charge is 0.416 e. The van der Waals surface area contributed by atoms with Gasteiger partial charge < -0.3 is 5.11 Å². The minimum absolute atomic E-state index is 0.0261. The van der Waals surface area contributed by atoms with E-state index in [0.29, 0.717) is 25.0 Å². The number of hydrogen-bond donors (Lipinski definition) is 1. The van der Waals surface area contributed by atoms with Crippen molar-refractivity contribution in [3.63, 3.8) is 0 Å². The molecule has 1 saturated carbocycles. The van der Waals surface area contributed by atoms with Crippen LogP contribution in [0.5, 0.6) is 0 Å². The van der Waals surface area contributed by atoms with Crippen molar-refractivity contribution in [2.75, 3.05) is 0 Å². The fourth-order valence-corrected chi connectivity index (χ4v) is 4.30. The number of alkyl halides is 6. The molecule has 2 nitrogen and oxygen atoms in total. The quantitative estimate of drug-likeness (QED) is 0.566. The summed E-state index contributed by atoms with van der Waals surface area (Å²) in [6.07, 6.45) is -9.72. The molecule has 0 radical (unpaired) electrons. The predicted octanol–water partition coefficient (Wildman–Crippen LogP) is 6.10. The van der Waals surface area contributed by atoms with E-state index in [1.807, 2.05) is 12.1 Å². The highest BCUT2D eigenvalue weighted by molar-refractivity contribution is 5.79. The molecular formula is C23H22F6O2. The van der Waals surface area contributed by atoms with Gasteiger partial charge in [0, 0.05) is 18.3 Å². The van der Waals surface area contributed by atoms with Crippen LogP contribution < -0.4 is 0 Å². The van der Waals surface area contributed by atoms with E-state index in [0.717, 1.165) is 5.56 Å². The number of rotatable bonds is 5. The molecule has 1 aliphatic rings. The molecule has 3 rings (SSSR count). The standard InChI is InChI=1S/C23H22F6O2/c24-22(25,26)17-12-15(13-18(14-17)23(27,28)29)6-7-20(31)21(10-8-19(30)9-11-21)16-4-2-1-3-5-16/h1-5,12-14,20,31H,6-11H2. The Balaban J connectivity index is 1.87. The molecule has 1 aliphatic carbocycles. The van der Waals surface area contributed by atoms with Crippen molar-refractivity contribution >= 4 is 5.78 Å². The number of carbonyl (C=O) groups excluding carboxylic acids is 1. The Morgan fingerprint density at radius 2 is 1.39 bits per heavy atom. The van der Waals surface area contributed by atoms with E-state index in [2.05, 4.69) is 0 Å². The molecule has 1 fully saturated rings. The first-order valence-electron chi connectivity index (χ1n) is 9.95. The monoisotopic (exact) mass is 444 g/mol. The second-order valence-electron chi connectivity index (χ2n) is 8.03. The van der Waals surface area contributed by atoms with Crippen LogP contribution in [0.15, 0.2) is 48.5 Å². The van der Waals surface area contributed by atoms with Gasteiger partial charge >= 0.3 is 12.4 Å². The molecular weight excluding hydrogens is 422 g/mol. The van der Waals surface area contributed by atoms with Gasteiger partial charge in [-0.1, -0.05) is 30.3 Å². The van der Waals surface area contributed by atoms with Gasteiger partial charge in [-0.15, -0.1) is 0 Å². The second-order valence-corrected chi connectivity index (χ2v) is 8.03. The van der Waals surface area contributed by atoms with Crippen LogP contribution in [0.3, 0.4) is 0 Å². The van der Waals surface area contributed by atoms with Crippen molar-refractivity contribution in [1.82, 2.24) is 0 Å². The van der Waals surface area contributed by atoms with Crippen LogP contribution >= 0.6 is 0 Å². The molecule has 2 aromatic carbocycles. The fraction of sp³-hybridized carbons (Fsp3) is 0.435. The molecule has 168 valence electrons. The zero-order valence-corrected chi connectivity index (χ0v) is 16.6. The molecule has 0 aromatic heterocycles. The first kappa shape index (κ1) is 23.3. The number of ketones is 1. The van der Waals surface area contributed by atoms with E-state index in [4.69, 9.17) is 0 Å². The number of aryl methyl sites for hydroxylation is 1. The molecule has 1 atom stereocenters. The second kappa shape index (κ2) is 8.65. The van der Waals surface area contributed by atoms with Gasteiger partial charge in [0.15, 0.2) is 0 Å². The zero-order chi connectivity index (χ0) is 22.9. The van der Waals surface area contributed by atoms with Crippen molar-refractivity contribution in [1.29, 1.82) is 0 Å². The van der Waals surface area contributed by atoms with Gasteiger partial charge in [0.2, 0.25) is 0 Å². The van der Waals surface area contributed by atoms with E-state index < -0.39 is 35.0 Å². The lowest BCUT2D eigenvalue weighted by Crippen LogP contribution is -2.43. The maximum atomic E-state index is 13.1. The summed E-state index contributed by atoms with van der Waals surface area (Å²) in [6.45, 7) is 0. The summed E-state index contributed by atoms with van der Waals surface area (Å²) in [6, 6.07) is 10.5. The minimum Gasteiger partial charge on any atom is -0.392 e. The van der Waals surface area contributed by atoms with Gasteiger partial charge in [0.1, 0.15) is 5.78 Å². The molecule has 31 heavy (non-hydrogen) atoms. The summed E-state index contributed by atoms with van der Waals surface area (Å²) < 4.78 is 78.6. The van der Waals surface area contributed by atoms with Crippen molar-refractivity contribution in [2.45, 2.75) is 62.4 Å². The van der Waals surface area contributed by atoms with Crippen LogP contribution in [-0.2, 0) is 29.0 Å². The Labute approximate surface area is 175 Å². The van der Waals surface area contributed by atoms with Crippen LogP contribution in [0.1, 0.15) is 54.4 Å². The lowest BCUT2D eigenvalue weighted by atomic mass is 9.64. The molecule has 0 saturated heterocycles. The summed E-state index contributed by atoms with van der Waals surface area (Å²) in [5.41, 5.74) is -2.82. The van der Waals surface area contributed by atoms with Crippen LogP contribution in [0, 0.1) is 0 Å². The number of Topliss-reactive ketones (excluding diaryl/α,β-unsaturated/α-hetero) is 1. The summed E-state index contributed by atoms with van der Waals surface area (Å²) in [5.74, 6) is 0.0754. The third-order valence-corrected chi connectivity index (χ3v) is 6.04. The summed E-state index contributed by atoms with van der Waals surface area (Å²) in [5, 5.41) is 11.0. The number of hydrogen-bond acceptors (Lipinski definition) is 2. The van der Waals surface area contributed by atoms with Gasteiger partial charge in [-0.25, -0.2) is 0 Å². The molecule has 0 aliphatic heterocycles. The molecule has 2 aromatic rings. The third-order valence-electron chi connectivity index (χ3n) is 6.04. The van der Waals surface area contributed by atoms with Crippen LogP contribution in [-0.4, -0.2) is 17.0 Å². The maximum Gasteiger partial charge on any atom is 0.416 e. The Bertz CT molecular complexity index is 876. The van der Waals surface area contributed by atoms with Crippen LogP contribution in [0.2, 0.25) is 0 Å². The smallest absolute Gasteiger partial charge is 0.392 e. The van der Waals surface area contributed by atoms with Gasteiger partial charge in [-0.3, -0.25) is 4.79 Å². The number of benzene rings is 2. The molecule has 0 amide bonds. The highest BCUT2D eigenvalue weighted by Gasteiger charge is 2.42. The molecule has 0 spiro atoms. The van der Waals surface area contributed by atoms with Crippen molar-refractivity contribution in [2.24, 2.45) is 0 Å². The van der Waals surface area contributed by atoms with Gasteiger partial charge in [-0.2, -0.15) is 26.3 Å². The highest BCUT2D eigenvalue weighted by atomic mass is 19.4. The van der Waals surface area contributed by atoms with E-state index in [9.17, 15) is 36.2 Å². The lowest BCUT2D eigenvalue weighted by Gasteiger charge is -2.41. The van der Waals surface area contributed by atoms with Gasteiger partial charge in [0.25, 0.3) is 0 Å². The van der Waals surface area contributed by atoms with E-state index in [1.54, 1.807) is 18.2 Å². The van der Waals surface area contributed by atoms with Crippen molar-refractivity contribution in [3.05, 3.63) is 70.8 Å². The molecule has 1 unspecified atom stereocenters. The van der Waals surface area contributed by atoms with E-state index >= 15 is 0 Å². The predicted molar refractivity (Wildman–Crippen MR) is 102 cm³/mol. The minimum atomic E-state index is -4.91. The Morgan fingerprint density at radius 1 is 0.871 bits per heavy atom. The zero-order valence-electron chi connectivity index (χ0n) is 16.6. The fourth-order valence-electron chi connectivity index (χ4n) is 4.30. The number of halogens is 6. The number of carbonyl (C=O) groups is 1. The average molecular weight is 444 g/mol. The first-order valence-corrected chi connectivity index (χ1v) is 9.95. The molecule has 8 heteroatoms. The Hall–Kier alpha value is -2.35. The van der Waals surface area contributed by atoms with E-state index in [-0.39, 0.29) is 43.1 Å². The number of aliphatic hydroxyl groups excluding tert-OH is 1. The first-order chi connectivity index (χ1) is 14.4. The Kier molecular flexibility index (Phi) is 6.51. The highest BCUT2D eigenvalue weighted by Crippen LogP contribution is 2.43. The summed E-state index contributed by atoms with van der Waals surface area (Å²) >= 11 is 0.